The van der Waals surface area contributed by atoms with Gasteiger partial charge in [0.1, 0.15) is 6.54 Å². The molecule has 1 aliphatic carbocycles. The van der Waals surface area contributed by atoms with E-state index in [-0.39, 0.29) is 12.1 Å². The summed E-state index contributed by atoms with van der Waals surface area (Å²) in [4.78, 5) is 24.7. The zero-order valence-corrected chi connectivity index (χ0v) is 14.6. The molecule has 1 aromatic carbocycles. The highest BCUT2D eigenvalue weighted by Gasteiger charge is 2.49. The van der Waals surface area contributed by atoms with E-state index in [2.05, 4.69) is 23.7 Å². The zero-order chi connectivity index (χ0) is 17.6. The molecule has 0 bridgehead atoms. The van der Waals surface area contributed by atoms with E-state index in [0.717, 1.165) is 29.3 Å². The maximum atomic E-state index is 13.1. The molecule has 2 amide bonds. The number of aromatic nitrogens is 1. The molecule has 1 saturated carbocycles. The molecular weight excluding hydrogens is 312 g/mol. The number of rotatable bonds is 3. The first-order chi connectivity index (χ1) is 12.1. The van der Waals surface area contributed by atoms with Crippen molar-refractivity contribution in [3.63, 3.8) is 0 Å². The molecule has 1 saturated heterocycles. The molecule has 0 radical (unpaired) electrons. The fraction of sp³-hybridized carbons (Fsp3) is 0.450. The third kappa shape index (κ3) is 2.53. The second-order valence-electron chi connectivity index (χ2n) is 7.42. The normalized spacial score (nSPS) is 26.2. The van der Waals surface area contributed by atoms with E-state index in [1.807, 2.05) is 29.2 Å². The summed E-state index contributed by atoms with van der Waals surface area (Å²) in [5, 5.41) is 1.95. The Labute approximate surface area is 148 Å². The van der Waals surface area contributed by atoms with Crippen LogP contribution in [0, 0.1) is 18.4 Å². The Morgan fingerprint density at radius 1 is 1.24 bits per heavy atom. The van der Waals surface area contributed by atoms with Crippen molar-refractivity contribution >= 4 is 22.5 Å². The van der Waals surface area contributed by atoms with Crippen molar-refractivity contribution in [3.05, 3.63) is 48.1 Å². The fourth-order valence-corrected chi connectivity index (χ4v) is 3.99. The van der Waals surface area contributed by atoms with Gasteiger partial charge in [-0.25, -0.2) is 16.3 Å². The Kier molecular flexibility index (Phi) is 3.84. The van der Waals surface area contributed by atoms with Crippen LogP contribution in [0.5, 0.6) is 0 Å². The summed E-state index contributed by atoms with van der Waals surface area (Å²) < 4.78 is 0. The Hall–Kier alpha value is -2.61. The van der Waals surface area contributed by atoms with Crippen molar-refractivity contribution in [3.8, 4) is 0 Å². The lowest BCUT2D eigenvalue weighted by molar-refractivity contribution is 0.0900. The van der Waals surface area contributed by atoms with E-state index in [4.69, 9.17) is 6.57 Å². The number of pyridine rings is 1. The van der Waals surface area contributed by atoms with Gasteiger partial charge in [0.15, 0.2) is 0 Å². The average molecular weight is 334 g/mol. The number of carbonyl (C=O) groups excluding carboxylic acids is 1. The largest absolute Gasteiger partial charge is 0.331 e. The molecule has 128 valence electrons. The van der Waals surface area contributed by atoms with Crippen molar-refractivity contribution in [2.24, 2.45) is 11.8 Å². The average Bonchev–Trinajstić information content (AvgIpc) is 2.89. The quantitative estimate of drug-likeness (QED) is 0.791. The summed E-state index contributed by atoms with van der Waals surface area (Å²) in [5.74, 6) is 1.35. The minimum absolute atomic E-state index is 0.0497. The first-order valence-electron chi connectivity index (χ1n) is 8.89. The Morgan fingerprint density at radius 2 is 2.00 bits per heavy atom. The molecule has 2 heterocycles. The molecule has 2 fully saturated rings. The SMILES string of the molecule is [C-]#[N+][C@@H]1CN(C2CC(C(C)C)C2)C(=O)N1c1cncc2ccccc12. The fourth-order valence-electron chi connectivity index (χ4n) is 3.99. The van der Waals surface area contributed by atoms with Gasteiger partial charge < -0.3 is 4.90 Å². The van der Waals surface area contributed by atoms with Crippen molar-refractivity contribution in [1.29, 1.82) is 0 Å². The zero-order valence-electron chi connectivity index (χ0n) is 14.6. The number of benzene rings is 1. The first kappa shape index (κ1) is 15.9. The highest BCUT2D eigenvalue weighted by atomic mass is 16.2. The van der Waals surface area contributed by atoms with Crippen LogP contribution in [0.1, 0.15) is 26.7 Å². The number of anilines is 1. The van der Waals surface area contributed by atoms with Gasteiger partial charge in [-0.1, -0.05) is 38.1 Å². The number of hydrogen-bond acceptors (Lipinski definition) is 2. The highest BCUT2D eigenvalue weighted by molar-refractivity contribution is 6.04. The minimum atomic E-state index is -0.474. The first-order valence-corrected chi connectivity index (χ1v) is 8.89. The molecule has 1 aromatic heterocycles. The summed E-state index contributed by atoms with van der Waals surface area (Å²) >= 11 is 0. The van der Waals surface area contributed by atoms with Crippen molar-refractivity contribution in [2.75, 3.05) is 11.4 Å². The van der Waals surface area contributed by atoms with Crippen molar-refractivity contribution in [1.82, 2.24) is 9.88 Å². The predicted octanol–water partition coefficient (Wildman–Crippen LogP) is 4.16. The predicted molar refractivity (Wildman–Crippen MR) is 98.1 cm³/mol. The van der Waals surface area contributed by atoms with E-state index < -0.39 is 6.17 Å². The summed E-state index contributed by atoms with van der Waals surface area (Å²) in [5.41, 5.74) is 0.742. The third-order valence-corrected chi connectivity index (χ3v) is 5.70. The molecule has 0 N–H and O–H groups in total. The Balaban J connectivity index is 1.65. The van der Waals surface area contributed by atoms with Gasteiger partial charge in [0.2, 0.25) is 0 Å². The maximum absolute atomic E-state index is 13.1. The van der Waals surface area contributed by atoms with Gasteiger partial charge in [-0.15, -0.1) is 0 Å². The number of carbonyl (C=O) groups is 1. The summed E-state index contributed by atoms with van der Waals surface area (Å²) in [7, 11) is 0. The molecule has 2 aliphatic rings. The molecule has 4 rings (SSSR count). The molecule has 1 atom stereocenters. The molecule has 5 heteroatoms. The standard InChI is InChI=1S/C20H22N4O/c1-13(2)15-8-16(9-15)23-12-19(21-3)24(20(23)25)18-11-22-10-14-6-4-5-7-17(14)18/h4-7,10-11,13,15-16,19H,8-9,12H2,1-2H3/t15?,16?,19-/m0/s1. The van der Waals surface area contributed by atoms with Crippen molar-refractivity contribution < 1.29 is 4.79 Å². The lowest BCUT2D eigenvalue weighted by Gasteiger charge is -2.42. The monoisotopic (exact) mass is 334 g/mol. The third-order valence-electron chi connectivity index (χ3n) is 5.70. The second kappa shape index (κ2) is 6.03. The number of urea groups is 1. The molecule has 0 spiro atoms. The van der Waals surface area contributed by atoms with E-state index in [9.17, 15) is 4.79 Å². The number of fused-ring (bicyclic) bond motifs is 1. The van der Waals surface area contributed by atoms with Gasteiger partial charge >= 0.3 is 12.2 Å². The lowest BCUT2D eigenvalue weighted by atomic mass is 9.73. The summed E-state index contributed by atoms with van der Waals surface area (Å²) in [6.07, 6.45) is 5.13. The molecular formula is C20H22N4O. The van der Waals surface area contributed by atoms with Gasteiger partial charge in [-0.3, -0.25) is 9.83 Å². The van der Waals surface area contributed by atoms with Crippen LogP contribution in [0.3, 0.4) is 0 Å². The molecule has 1 aliphatic heterocycles. The molecule has 2 aromatic rings. The van der Waals surface area contributed by atoms with Crippen LogP contribution in [0.15, 0.2) is 36.7 Å². The number of hydrogen-bond donors (Lipinski definition) is 0. The van der Waals surface area contributed by atoms with E-state index in [1.165, 1.54) is 0 Å². The number of nitrogens with zero attached hydrogens (tertiary/aromatic N) is 4. The number of amides is 2. The van der Waals surface area contributed by atoms with Gasteiger partial charge in [0.05, 0.1) is 11.9 Å². The van der Waals surface area contributed by atoms with Crippen LogP contribution in [0.2, 0.25) is 0 Å². The maximum Gasteiger partial charge on any atom is 0.331 e. The minimum Gasteiger partial charge on any atom is -0.311 e. The Bertz CT molecular complexity index is 845. The molecule has 25 heavy (non-hydrogen) atoms. The highest BCUT2D eigenvalue weighted by Crippen LogP contribution is 2.40. The van der Waals surface area contributed by atoms with E-state index in [0.29, 0.717) is 18.4 Å². The van der Waals surface area contributed by atoms with Crippen LogP contribution in [0.4, 0.5) is 10.5 Å². The van der Waals surface area contributed by atoms with Crippen LogP contribution >= 0.6 is 0 Å². The lowest BCUT2D eigenvalue weighted by Crippen LogP contribution is -2.48. The molecule has 5 nitrogen and oxygen atoms in total. The summed E-state index contributed by atoms with van der Waals surface area (Å²) in [6.45, 7) is 12.5. The van der Waals surface area contributed by atoms with Crippen LogP contribution < -0.4 is 4.90 Å². The van der Waals surface area contributed by atoms with Crippen LogP contribution in [0.25, 0.3) is 15.6 Å². The Morgan fingerprint density at radius 3 is 2.72 bits per heavy atom. The van der Waals surface area contributed by atoms with Gasteiger partial charge in [-0.05, 0) is 24.7 Å². The smallest absolute Gasteiger partial charge is 0.311 e. The second-order valence-corrected chi connectivity index (χ2v) is 7.42. The van der Waals surface area contributed by atoms with E-state index >= 15 is 0 Å². The van der Waals surface area contributed by atoms with Gasteiger partial charge in [0.25, 0.3) is 0 Å². The summed E-state index contributed by atoms with van der Waals surface area (Å²) in [6, 6.07) is 8.11. The van der Waals surface area contributed by atoms with Crippen LogP contribution in [-0.4, -0.2) is 34.7 Å². The topological polar surface area (TPSA) is 40.8 Å². The van der Waals surface area contributed by atoms with Gasteiger partial charge in [-0.2, -0.15) is 0 Å². The van der Waals surface area contributed by atoms with Crippen molar-refractivity contribution in [2.45, 2.75) is 38.9 Å². The van der Waals surface area contributed by atoms with Crippen LogP contribution in [-0.2, 0) is 0 Å². The molecule has 0 unspecified atom stereocenters. The van der Waals surface area contributed by atoms with Gasteiger partial charge in [0, 0.05) is 23.0 Å². The van der Waals surface area contributed by atoms with E-state index in [1.54, 1.807) is 17.3 Å².